The van der Waals surface area contributed by atoms with Crippen molar-refractivity contribution in [1.29, 1.82) is 0 Å². The van der Waals surface area contributed by atoms with Gasteiger partial charge in [-0.3, -0.25) is 4.21 Å². The Morgan fingerprint density at radius 1 is 0.963 bits per heavy atom. The van der Waals surface area contributed by atoms with Gasteiger partial charge in [-0.25, -0.2) is 14.6 Å². The van der Waals surface area contributed by atoms with E-state index < -0.39 is 74.9 Å². The molecule has 0 aliphatic heterocycles. The summed E-state index contributed by atoms with van der Waals surface area (Å²) in [6.45, 7) is 1.98. The van der Waals surface area contributed by atoms with Crippen LogP contribution in [0.2, 0.25) is 0 Å². The van der Waals surface area contributed by atoms with Gasteiger partial charge in [0.25, 0.3) is 0 Å². The Bertz CT molecular complexity index is 775. The van der Waals surface area contributed by atoms with Crippen molar-refractivity contribution in [2.24, 2.45) is 0 Å². The van der Waals surface area contributed by atoms with E-state index in [-0.39, 0.29) is 0 Å². The molecule has 1 heterocycles. The minimum atomic E-state index is -5.52. The van der Waals surface area contributed by atoms with Crippen molar-refractivity contribution >= 4 is 22.7 Å². The highest BCUT2D eigenvalue weighted by atomic mass is 32.2. The lowest BCUT2D eigenvalue weighted by Gasteiger charge is -2.20. The van der Waals surface area contributed by atoms with Crippen molar-refractivity contribution in [2.75, 3.05) is 19.5 Å². The first-order valence-corrected chi connectivity index (χ1v) is 8.49. The number of carbonyl (C=O) groups is 2. The maximum atomic E-state index is 13.3. The van der Waals surface area contributed by atoms with Gasteiger partial charge >= 0.3 is 24.3 Å². The number of rotatable bonds is 5. The van der Waals surface area contributed by atoms with Crippen molar-refractivity contribution in [2.45, 2.75) is 31.1 Å². The summed E-state index contributed by atoms with van der Waals surface area (Å²) in [7, 11) is -1.92. The summed E-state index contributed by atoms with van der Waals surface area (Å²) >= 11 is 0. The molecule has 0 aliphatic rings. The predicted octanol–water partition coefficient (Wildman–Crippen LogP) is 3.21. The number of alkyl halides is 6. The molecule has 1 atom stereocenters. The van der Waals surface area contributed by atoms with Crippen LogP contribution < -0.4 is 0 Å². The lowest BCUT2D eigenvalue weighted by atomic mass is 10.1. The van der Waals surface area contributed by atoms with Gasteiger partial charge in [-0.15, -0.1) is 0 Å². The summed E-state index contributed by atoms with van der Waals surface area (Å²) in [6.07, 6.45) is -11.0. The summed E-state index contributed by atoms with van der Waals surface area (Å²) in [6, 6.07) is 0. The molecule has 13 heteroatoms. The second-order valence-electron chi connectivity index (χ2n) is 4.73. The molecule has 1 rings (SSSR count). The van der Waals surface area contributed by atoms with Gasteiger partial charge in [-0.1, -0.05) is 6.92 Å². The molecule has 0 radical (unpaired) electrons. The van der Waals surface area contributed by atoms with Crippen molar-refractivity contribution in [3.05, 3.63) is 22.5 Å². The Kier molecular flexibility index (Phi) is 6.97. The molecular weight excluding hydrogens is 408 g/mol. The van der Waals surface area contributed by atoms with E-state index in [1.807, 2.05) is 0 Å². The van der Waals surface area contributed by atoms with Crippen molar-refractivity contribution in [1.82, 2.24) is 4.98 Å². The predicted molar refractivity (Wildman–Crippen MR) is 78.5 cm³/mol. The second-order valence-corrected chi connectivity index (χ2v) is 6.41. The van der Waals surface area contributed by atoms with Crippen LogP contribution in [0.1, 0.15) is 46.0 Å². The first-order valence-electron chi connectivity index (χ1n) is 7.17. The minimum Gasteiger partial charge on any atom is -0.465 e. The highest BCUT2D eigenvalue weighted by Crippen LogP contribution is 2.40. The Balaban J connectivity index is 4.24. The number of halogens is 6. The van der Waals surface area contributed by atoms with Gasteiger partial charge in [0.1, 0.15) is 11.1 Å². The van der Waals surface area contributed by atoms with Crippen LogP contribution in [0.5, 0.6) is 0 Å². The maximum Gasteiger partial charge on any atom is 0.434 e. The Hall–Kier alpha value is -2.18. The van der Waals surface area contributed by atoms with Gasteiger partial charge in [-0.2, -0.15) is 26.3 Å². The molecular formula is C14H13F6NO5S. The number of carbonyl (C=O) groups excluding carboxylic acids is 2. The standard InChI is InChI=1S/C14H13F6NO5S/c1-4-26-12(23)7-8(27(24)5-2)6(11(22)25-3)9(13(15,16)17)21-10(7)14(18,19)20/h4-5H2,1-3H3. The minimum absolute atomic E-state index is 0.428. The van der Waals surface area contributed by atoms with Gasteiger partial charge in [0.05, 0.1) is 29.4 Å². The Morgan fingerprint density at radius 3 is 1.74 bits per heavy atom. The zero-order chi connectivity index (χ0) is 21.2. The van der Waals surface area contributed by atoms with Gasteiger partial charge in [0, 0.05) is 5.75 Å². The van der Waals surface area contributed by atoms with Crippen molar-refractivity contribution < 1.29 is 49.6 Å². The summed E-state index contributed by atoms with van der Waals surface area (Å²) < 4.78 is 101. The van der Waals surface area contributed by atoms with E-state index in [1.54, 1.807) is 0 Å². The van der Waals surface area contributed by atoms with E-state index in [9.17, 15) is 40.1 Å². The molecule has 1 aromatic rings. The average molecular weight is 421 g/mol. The third-order valence-corrected chi connectivity index (χ3v) is 4.44. The highest BCUT2D eigenvalue weighted by molar-refractivity contribution is 7.85. The van der Waals surface area contributed by atoms with Crippen molar-refractivity contribution in [3.63, 3.8) is 0 Å². The van der Waals surface area contributed by atoms with Gasteiger partial charge in [0.2, 0.25) is 0 Å². The van der Waals surface area contributed by atoms with E-state index in [0.29, 0.717) is 7.11 Å². The molecule has 0 spiro atoms. The Labute approximate surface area is 151 Å². The van der Waals surface area contributed by atoms with E-state index in [2.05, 4.69) is 14.5 Å². The Morgan fingerprint density at radius 2 is 1.41 bits per heavy atom. The topological polar surface area (TPSA) is 82.6 Å². The fourth-order valence-corrected chi connectivity index (χ4v) is 3.13. The SMILES string of the molecule is CCOC(=O)c1c(C(F)(F)F)nc(C(F)(F)F)c(C(=O)OC)c1S(=O)CC. The average Bonchev–Trinajstić information content (AvgIpc) is 2.56. The lowest BCUT2D eigenvalue weighted by molar-refractivity contribution is -0.151. The van der Waals surface area contributed by atoms with Crippen LogP contribution in [0, 0.1) is 0 Å². The molecule has 6 nitrogen and oxygen atoms in total. The third-order valence-electron chi connectivity index (χ3n) is 3.05. The smallest absolute Gasteiger partial charge is 0.434 e. The number of hydrogen-bond donors (Lipinski definition) is 0. The first-order chi connectivity index (χ1) is 12.3. The molecule has 0 aromatic carbocycles. The van der Waals surface area contributed by atoms with Crippen LogP contribution in [0.25, 0.3) is 0 Å². The van der Waals surface area contributed by atoms with E-state index >= 15 is 0 Å². The normalized spacial score (nSPS) is 13.2. The number of hydrogen-bond acceptors (Lipinski definition) is 6. The molecule has 0 bridgehead atoms. The molecule has 0 aliphatic carbocycles. The molecule has 0 fully saturated rings. The summed E-state index contributed by atoms with van der Waals surface area (Å²) in [5, 5.41) is 0. The van der Waals surface area contributed by atoms with Crippen LogP contribution in [0.4, 0.5) is 26.3 Å². The van der Waals surface area contributed by atoms with Gasteiger partial charge < -0.3 is 9.47 Å². The quantitative estimate of drug-likeness (QED) is 0.537. The van der Waals surface area contributed by atoms with Crippen LogP contribution in [0.15, 0.2) is 4.90 Å². The van der Waals surface area contributed by atoms with Crippen LogP contribution in [-0.2, 0) is 32.6 Å². The molecule has 1 unspecified atom stereocenters. The lowest BCUT2D eigenvalue weighted by Crippen LogP contribution is -2.28. The summed E-state index contributed by atoms with van der Waals surface area (Å²) in [5.74, 6) is -3.95. The number of aromatic nitrogens is 1. The van der Waals surface area contributed by atoms with Crippen LogP contribution >= 0.6 is 0 Å². The molecule has 27 heavy (non-hydrogen) atoms. The van der Waals surface area contributed by atoms with Gasteiger partial charge in [0.15, 0.2) is 11.4 Å². The molecule has 152 valence electrons. The third kappa shape index (κ3) is 4.76. The number of pyridine rings is 1. The van der Waals surface area contributed by atoms with Crippen LogP contribution in [0.3, 0.4) is 0 Å². The first kappa shape index (κ1) is 22.9. The second kappa shape index (κ2) is 8.23. The van der Waals surface area contributed by atoms with E-state index in [4.69, 9.17) is 0 Å². The number of nitrogens with zero attached hydrogens (tertiary/aromatic N) is 1. The van der Waals surface area contributed by atoms with Crippen molar-refractivity contribution in [3.8, 4) is 0 Å². The van der Waals surface area contributed by atoms with Crippen LogP contribution in [-0.4, -0.2) is 40.6 Å². The zero-order valence-corrected chi connectivity index (χ0v) is 14.9. The largest absolute Gasteiger partial charge is 0.465 e. The molecule has 0 amide bonds. The van der Waals surface area contributed by atoms with E-state index in [1.165, 1.54) is 13.8 Å². The summed E-state index contributed by atoms with van der Waals surface area (Å²) in [5.41, 5.74) is -7.55. The fourth-order valence-electron chi connectivity index (χ4n) is 2.03. The molecule has 1 aromatic heterocycles. The number of esters is 2. The van der Waals surface area contributed by atoms with Gasteiger partial charge in [-0.05, 0) is 6.92 Å². The number of ether oxygens (including phenoxy) is 2. The molecule has 0 saturated heterocycles. The van der Waals surface area contributed by atoms with E-state index in [0.717, 1.165) is 0 Å². The summed E-state index contributed by atoms with van der Waals surface area (Å²) in [4.78, 5) is 25.1. The zero-order valence-electron chi connectivity index (χ0n) is 14.1. The molecule has 0 N–H and O–H groups in total. The maximum absolute atomic E-state index is 13.3. The molecule has 0 saturated carbocycles. The fraction of sp³-hybridized carbons (Fsp3) is 0.500. The number of methoxy groups -OCH3 is 1. The highest BCUT2D eigenvalue weighted by Gasteiger charge is 2.48. The monoisotopic (exact) mass is 421 g/mol.